The zero-order chi connectivity index (χ0) is 12.7. The maximum atomic E-state index is 13.4. The summed E-state index contributed by atoms with van der Waals surface area (Å²) in [5.41, 5.74) is 2.17. The molecule has 1 nitrogen and oxygen atoms in total. The molecule has 0 aliphatic heterocycles. The van der Waals surface area contributed by atoms with Gasteiger partial charge in [-0.1, -0.05) is 13.8 Å². The van der Waals surface area contributed by atoms with Crippen LogP contribution in [0.3, 0.4) is 0 Å². The summed E-state index contributed by atoms with van der Waals surface area (Å²) >= 11 is 0. The van der Waals surface area contributed by atoms with Crippen LogP contribution in [0.15, 0.2) is 6.07 Å². The van der Waals surface area contributed by atoms with Crippen LogP contribution in [0.2, 0.25) is 0 Å². The molecular formula is C10H10F5N. The van der Waals surface area contributed by atoms with Crippen molar-refractivity contribution in [2.24, 2.45) is 0 Å². The van der Waals surface area contributed by atoms with Gasteiger partial charge in [-0.2, -0.15) is 13.2 Å². The van der Waals surface area contributed by atoms with Gasteiger partial charge in [-0.15, -0.1) is 0 Å². The Bertz CT molecular complexity index is 409. The Morgan fingerprint density at radius 1 is 1.19 bits per heavy atom. The molecule has 2 N–H and O–H groups in total. The third-order valence-corrected chi connectivity index (χ3v) is 2.14. The van der Waals surface area contributed by atoms with Gasteiger partial charge in [0.15, 0.2) is 0 Å². The first-order valence-electron chi connectivity index (χ1n) is 4.50. The monoisotopic (exact) mass is 239 g/mol. The van der Waals surface area contributed by atoms with E-state index in [-0.39, 0.29) is 0 Å². The molecule has 1 aromatic rings. The first kappa shape index (κ1) is 12.7. The summed E-state index contributed by atoms with van der Waals surface area (Å²) in [6, 6.07) is 0.351. The van der Waals surface area contributed by atoms with Crippen LogP contribution in [0.25, 0.3) is 0 Å². The summed E-state index contributed by atoms with van der Waals surface area (Å²) in [4.78, 5) is 0. The molecule has 0 aliphatic carbocycles. The van der Waals surface area contributed by atoms with Gasteiger partial charge < -0.3 is 5.73 Å². The lowest BCUT2D eigenvalue weighted by Crippen LogP contribution is -2.16. The molecule has 0 aliphatic rings. The fourth-order valence-electron chi connectivity index (χ4n) is 1.50. The van der Waals surface area contributed by atoms with Crippen LogP contribution in [-0.4, -0.2) is 0 Å². The highest BCUT2D eigenvalue weighted by Crippen LogP contribution is 2.39. The van der Waals surface area contributed by atoms with Crippen LogP contribution in [0.4, 0.5) is 27.6 Å². The molecule has 1 rings (SSSR count). The Morgan fingerprint density at radius 2 is 1.69 bits per heavy atom. The molecule has 16 heavy (non-hydrogen) atoms. The average Bonchev–Trinajstić information content (AvgIpc) is 2.07. The van der Waals surface area contributed by atoms with Gasteiger partial charge in [-0.3, -0.25) is 0 Å². The fraction of sp³-hybridized carbons (Fsp3) is 0.400. The average molecular weight is 239 g/mol. The van der Waals surface area contributed by atoms with Gasteiger partial charge >= 0.3 is 6.18 Å². The van der Waals surface area contributed by atoms with E-state index in [1.807, 2.05) is 0 Å². The van der Waals surface area contributed by atoms with Gasteiger partial charge in [0.05, 0.1) is 11.3 Å². The van der Waals surface area contributed by atoms with Gasteiger partial charge in [-0.25, -0.2) is 8.78 Å². The van der Waals surface area contributed by atoms with Crippen LogP contribution < -0.4 is 5.73 Å². The maximum Gasteiger partial charge on any atom is 0.419 e. The molecular weight excluding hydrogens is 229 g/mol. The summed E-state index contributed by atoms with van der Waals surface area (Å²) in [7, 11) is 0. The highest BCUT2D eigenvalue weighted by Gasteiger charge is 2.39. The number of nitrogen functional groups attached to an aromatic ring is 1. The van der Waals surface area contributed by atoms with Crippen LogP contribution >= 0.6 is 0 Å². The minimum atomic E-state index is -4.93. The number of alkyl halides is 3. The van der Waals surface area contributed by atoms with Crippen molar-refractivity contribution in [1.82, 2.24) is 0 Å². The zero-order valence-electron chi connectivity index (χ0n) is 8.62. The molecule has 0 radical (unpaired) electrons. The quantitative estimate of drug-likeness (QED) is 0.587. The standard InChI is InChI=1S/C10H10F5N/c1-4(2)7-8(10(13,14)15)5(11)3-6(16)9(7)12/h3-4H,16H2,1-2H3. The van der Waals surface area contributed by atoms with Crippen LogP contribution in [0.1, 0.15) is 30.9 Å². The Hall–Kier alpha value is -1.33. The summed E-state index contributed by atoms with van der Waals surface area (Å²) < 4.78 is 64.2. The number of hydrogen-bond donors (Lipinski definition) is 1. The van der Waals surface area contributed by atoms with Crippen molar-refractivity contribution in [2.45, 2.75) is 25.9 Å². The van der Waals surface area contributed by atoms with E-state index in [0.29, 0.717) is 6.07 Å². The number of anilines is 1. The Morgan fingerprint density at radius 3 is 2.06 bits per heavy atom. The van der Waals surface area contributed by atoms with Crippen LogP contribution in [0, 0.1) is 11.6 Å². The first-order valence-corrected chi connectivity index (χ1v) is 4.50. The summed E-state index contributed by atoms with van der Waals surface area (Å²) in [6.45, 7) is 2.68. The van der Waals surface area contributed by atoms with E-state index < -0.39 is 40.5 Å². The molecule has 0 saturated heterocycles. The Balaban J connectivity index is 3.65. The van der Waals surface area contributed by atoms with Gasteiger partial charge in [0.1, 0.15) is 11.6 Å². The molecule has 0 bridgehead atoms. The molecule has 0 spiro atoms. The van der Waals surface area contributed by atoms with Crippen LogP contribution in [0.5, 0.6) is 0 Å². The molecule has 6 heteroatoms. The molecule has 0 unspecified atom stereocenters. The first-order chi connectivity index (χ1) is 7.16. The number of rotatable bonds is 1. The van der Waals surface area contributed by atoms with Crippen molar-refractivity contribution in [3.63, 3.8) is 0 Å². The Kier molecular flexibility index (Phi) is 3.12. The summed E-state index contributed by atoms with van der Waals surface area (Å²) in [5.74, 6) is -3.56. The molecule has 90 valence electrons. The van der Waals surface area contributed by atoms with Crippen molar-refractivity contribution >= 4 is 5.69 Å². The van der Waals surface area contributed by atoms with Crippen molar-refractivity contribution in [2.75, 3.05) is 5.73 Å². The van der Waals surface area contributed by atoms with Crippen molar-refractivity contribution in [3.8, 4) is 0 Å². The van der Waals surface area contributed by atoms with Crippen molar-refractivity contribution < 1.29 is 22.0 Å². The minimum Gasteiger partial charge on any atom is -0.396 e. The molecule has 0 atom stereocenters. The van der Waals surface area contributed by atoms with E-state index in [1.54, 1.807) is 0 Å². The third kappa shape index (κ3) is 2.10. The van der Waals surface area contributed by atoms with Gasteiger partial charge in [0.25, 0.3) is 0 Å². The predicted octanol–water partition coefficient (Wildman–Crippen LogP) is 3.69. The van der Waals surface area contributed by atoms with E-state index in [2.05, 4.69) is 0 Å². The maximum absolute atomic E-state index is 13.4. The highest BCUT2D eigenvalue weighted by atomic mass is 19.4. The lowest BCUT2D eigenvalue weighted by atomic mass is 9.95. The van der Waals surface area contributed by atoms with Crippen LogP contribution in [-0.2, 0) is 6.18 Å². The smallest absolute Gasteiger partial charge is 0.396 e. The van der Waals surface area contributed by atoms with Gasteiger partial charge in [0, 0.05) is 11.6 Å². The summed E-state index contributed by atoms with van der Waals surface area (Å²) in [6.07, 6.45) is -4.93. The SMILES string of the molecule is CC(C)c1c(F)c(N)cc(F)c1C(F)(F)F. The zero-order valence-corrected chi connectivity index (χ0v) is 8.62. The second-order valence-electron chi connectivity index (χ2n) is 3.70. The Labute approximate surface area is 89.1 Å². The van der Waals surface area contributed by atoms with E-state index in [0.717, 1.165) is 0 Å². The highest BCUT2D eigenvalue weighted by molar-refractivity contribution is 5.49. The second-order valence-corrected chi connectivity index (χ2v) is 3.70. The topological polar surface area (TPSA) is 26.0 Å². The van der Waals surface area contributed by atoms with Crippen molar-refractivity contribution in [3.05, 3.63) is 28.8 Å². The minimum absolute atomic E-state index is 0.351. The fourth-order valence-corrected chi connectivity index (χ4v) is 1.50. The third-order valence-electron chi connectivity index (χ3n) is 2.14. The van der Waals surface area contributed by atoms with Gasteiger partial charge in [0.2, 0.25) is 0 Å². The largest absolute Gasteiger partial charge is 0.419 e. The predicted molar refractivity (Wildman–Crippen MR) is 49.9 cm³/mol. The molecule has 0 amide bonds. The lowest BCUT2D eigenvalue weighted by Gasteiger charge is -2.18. The molecule has 0 aromatic heterocycles. The van der Waals surface area contributed by atoms with E-state index in [1.165, 1.54) is 13.8 Å². The van der Waals surface area contributed by atoms with E-state index >= 15 is 0 Å². The second kappa shape index (κ2) is 3.92. The van der Waals surface area contributed by atoms with E-state index in [4.69, 9.17) is 5.73 Å². The lowest BCUT2D eigenvalue weighted by molar-refractivity contribution is -0.141. The number of halogens is 5. The number of nitrogens with two attached hydrogens (primary N) is 1. The molecule has 1 aromatic carbocycles. The normalized spacial score (nSPS) is 12.2. The van der Waals surface area contributed by atoms with E-state index in [9.17, 15) is 22.0 Å². The van der Waals surface area contributed by atoms with Gasteiger partial charge in [-0.05, 0) is 5.92 Å². The molecule has 0 heterocycles. The summed E-state index contributed by atoms with van der Waals surface area (Å²) in [5, 5.41) is 0. The molecule has 0 saturated carbocycles. The van der Waals surface area contributed by atoms with Crippen molar-refractivity contribution in [1.29, 1.82) is 0 Å². The number of benzene rings is 1. The number of hydrogen-bond acceptors (Lipinski definition) is 1. The molecule has 0 fully saturated rings.